The Labute approximate surface area is 189 Å². The van der Waals surface area contributed by atoms with Gasteiger partial charge in [-0.25, -0.2) is 0 Å². The Morgan fingerprint density at radius 3 is 2.58 bits per heavy atom. The number of carbonyl (C=O) groups excluding carboxylic acids is 3. The smallest absolute Gasteiger partial charge is 0.270 e. The van der Waals surface area contributed by atoms with Crippen LogP contribution in [0.2, 0.25) is 0 Å². The number of carbonyl (C=O) groups is 3. The van der Waals surface area contributed by atoms with E-state index in [0.717, 1.165) is 11.6 Å². The van der Waals surface area contributed by atoms with E-state index in [9.17, 15) is 24.5 Å². The van der Waals surface area contributed by atoms with Crippen molar-refractivity contribution in [2.45, 2.75) is 19.4 Å². The van der Waals surface area contributed by atoms with Gasteiger partial charge in [-0.05, 0) is 42.8 Å². The van der Waals surface area contributed by atoms with Gasteiger partial charge in [0.2, 0.25) is 11.8 Å². The van der Waals surface area contributed by atoms with Gasteiger partial charge in [-0.1, -0.05) is 30.3 Å². The molecule has 0 spiro atoms. The van der Waals surface area contributed by atoms with Crippen molar-refractivity contribution < 1.29 is 19.3 Å². The Bertz CT molecular complexity index is 1270. The van der Waals surface area contributed by atoms with Gasteiger partial charge in [0.15, 0.2) is 0 Å². The van der Waals surface area contributed by atoms with Gasteiger partial charge in [-0.3, -0.25) is 29.4 Å². The van der Waals surface area contributed by atoms with Crippen molar-refractivity contribution in [2.24, 2.45) is 0 Å². The molecule has 4 rings (SSSR count). The van der Waals surface area contributed by atoms with E-state index in [1.165, 1.54) is 23.1 Å². The fraction of sp³-hybridized carbons (Fsp3) is 0.125. The SMILES string of the molecule is Cc1cccc(NC(=O)CC2C(=O)Nc3ccccc3N2C(=O)c2cccc([N+](=O)[O-])c2)c1. The van der Waals surface area contributed by atoms with Gasteiger partial charge in [0, 0.05) is 23.4 Å². The summed E-state index contributed by atoms with van der Waals surface area (Å²) in [4.78, 5) is 51.0. The topological polar surface area (TPSA) is 122 Å². The second-order valence-corrected chi connectivity index (χ2v) is 7.63. The number of para-hydroxylation sites is 2. The first-order chi connectivity index (χ1) is 15.8. The van der Waals surface area contributed by atoms with Crippen LogP contribution in [0.5, 0.6) is 0 Å². The maximum Gasteiger partial charge on any atom is 0.270 e. The van der Waals surface area contributed by atoms with Crippen LogP contribution in [-0.2, 0) is 9.59 Å². The van der Waals surface area contributed by atoms with Crippen LogP contribution >= 0.6 is 0 Å². The molecule has 0 saturated carbocycles. The number of aryl methyl sites for hydroxylation is 1. The Kier molecular flexibility index (Phi) is 5.86. The van der Waals surface area contributed by atoms with E-state index < -0.39 is 28.7 Å². The molecule has 0 aliphatic carbocycles. The lowest BCUT2D eigenvalue weighted by Gasteiger charge is -2.36. The zero-order chi connectivity index (χ0) is 23.5. The monoisotopic (exact) mass is 444 g/mol. The summed E-state index contributed by atoms with van der Waals surface area (Å²) in [5.74, 6) is -1.58. The van der Waals surface area contributed by atoms with Crippen LogP contribution in [0.15, 0.2) is 72.8 Å². The number of non-ortho nitro benzene ring substituents is 1. The first-order valence-corrected chi connectivity index (χ1v) is 10.2. The molecule has 0 radical (unpaired) electrons. The molecule has 0 fully saturated rings. The minimum Gasteiger partial charge on any atom is -0.326 e. The number of nitro groups is 1. The third-order valence-corrected chi connectivity index (χ3v) is 5.24. The van der Waals surface area contributed by atoms with Gasteiger partial charge in [0.1, 0.15) is 6.04 Å². The lowest BCUT2D eigenvalue weighted by Crippen LogP contribution is -2.52. The van der Waals surface area contributed by atoms with Crippen LogP contribution < -0.4 is 15.5 Å². The standard InChI is InChI=1S/C24H20N4O5/c1-15-6-4-8-17(12-15)25-22(29)14-21-23(30)26-19-10-2-3-11-20(19)27(21)24(31)16-7-5-9-18(13-16)28(32)33/h2-13,21H,14H2,1H3,(H,25,29)(H,26,30). The van der Waals surface area contributed by atoms with E-state index in [1.807, 2.05) is 13.0 Å². The van der Waals surface area contributed by atoms with Gasteiger partial charge in [-0.15, -0.1) is 0 Å². The molecule has 0 saturated heterocycles. The summed E-state index contributed by atoms with van der Waals surface area (Å²) < 4.78 is 0. The fourth-order valence-corrected chi connectivity index (χ4v) is 3.73. The number of nitro benzene ring substituents is 1. The highest BCUT2D eigenvalue weighted by molar-refractivity contribution is 6.18. The molecule has 9 nitrogen and oxygen atoms in total. The average Bonchev–Trinajstić information content (AvgIpc) is 2.79. The van der Waals surface area contributed by atoms with E-state index in [-0.39, 0.29) is 17.7 Å². The number of amides is 3. The Morgan fingerprint density at radius 2 is 1.82 bits per heavy atom. The second kappa shape index (κ2) is 8.91. The number of hydrogen-bond acceptors (Lipinski definition) is 5. The van der Waals surface area contributed by atoms with Crippen LogP contribution in [0.3, 0.4) is 0 Å². The van der Waals surface area contributed by atoms with Crippen LogP contribution in [0.1, 0.15) is 22.3 Å². The number of hydrogen-bond donors (Lipinski definition) is 2. The number of nitrogens with one attached hydrogen (secondary N) is 2. The molecule has 0 aromatic heterocycles. The minimum absolute atomic E-state index is 0.0396. The maximum atomic E-state index is 13.5. The van der Waals surface area contributed by atoms with E-state index in [2.05, 4.69) is 10.6 Å². The summed E-state index contributed by atoms with van der Waals surface area (Å²) in [7, 11) is 0. The van der Waals surface area contributed by atoms with E-state index in [4.69, 9.17) is 0 Å². The van der Waals surface area contributed by atoms with Gasteiger partial charge in [-0.2, -0.15) is 0 Å². The van der Waals surface area contributed by atoms with E-state index in [1.54, 1.807) is 42.5 Å². The Balaban J connectivity index is 1.68. The van der Waals surface area contributed by atoms with Crippen molar-refractivity contribution >= 4 is 40.5 Å². The van der Waals surface area contributed by atoms with Crippen molar-refractivity contribution in [3.8, 4) is 0 Å². The van der Waals surface area contributed by atoms with Gasteiger partial charge in [0.25, 0.3) is 11.6 Å². The predicted molar refractivity (Wildman–Crippen MR) is 123 cm³/mol. The molecule has 166 valence electrons. The molecule has 3 aromatic carbocycles. The maximum absolute atomic E-state index is 13.5. The largest absolute Gasteiger partial charge is 0.326 e. The highest BCUT2D eigenvalue weighted by Crippen LogP contribution is 2.34. The zero-order valence-corrected chi connectivity index (χ0v) is 17.6. The molecule has 2 N–H and O–H groups in total. The highest BCUT2D eigenvalue weighted by Gasteiger charge is 2.38. The average molecular weight is 444 g/mol. The summed E-state index contributed by atoms with van der Waals surface area (Å²) in [5, 5.41) is 16.7. The third-order valence-electron chi connectivity index (χ3n) is 5.24. The van der Waals surface area contributed by atoms with Crippen molar-refractivity contribution in [2.75, 3.05) is 15.5 Å². The van der Waals surface area contributed by atoms with Crippen LogP contribution in [0, 0.1) is 17.0 Å². The fourth-order valence-electron chi connectivity index (χ4n) is 3.73. The van der Waals surface area contributed by atoms with Crippen LogP contribution in [0.4, 0.5) is 22.7 Å². The van der Waals surface area contributed by atoms with Crippen molar-refractivity contribution in [3.63, 3.8) is 0 Å². The molecule has 1 unspecified atom stereocenters. The predicted octanol–water partition coefficient (Wildman–Crippen LogP) is 3.90. The molecule has 33 heavy (non-hydrogen) atoms. The molecule has 1 atom stereocenters. The highest BCUT2D eigenvalue weighted by atomic mass is 16.6. The number of fused-ring (bicyclic) bond motifs is 1. The lowest BCUT2D eigenvalue weighted by molar-refractivity contribution is -0.384. The van der Waals surface area contributed by atoms with Crippen LogP contribution in [0.25, 0.3) is 0 Å². The van der Waals surface area contributed by atoms with E-state index in [0.29, 0.717) is 17.1 Å². The summed E-state index contributed by atoms with van der Waals surface area (Å²) in [6.45, 7) is 1.89. The normalized spacial score (nSPS) is 14.8. The lowest BCUT2D eigenvalue weighted by atomic mass is 10.0. The Morgan fingerprint density at radius 1 is 1.06 bits per heavy atom. The zero-order valence-electron chi connectivity index (χ0n) is 17.6. The molecule has 1 heterocycles. The molecule has 1 aliphatic heterocycles. The molecule has 9 heteroatoms. The first-order valence-electron chi connectivity index (χ1n) is 10.2. The second-order valence-electron chi connectivity index (χ2n) is 7.63. The van der Waals surface area contributed by atoms with E-state index >= 15 is 0 Å². The third kappa shape index (κ3) is 4.57. The molecule has 3 amide bonds. The summed E-state index contributed by atoms with van der Waals surface area (Å²) in [6, 6.07) is 18.0. The van der Waals surface area contributed by atoms with Crippen molar-refractivity contribution in [3.05, 3.63) is 94.0 Å². The summed E-state index contributed by atoms with van der Waals surface area (Å²) in [6.07, 6.45) is -0.297. The van der Waals surface area contributed by atoms with Crippen molar-refractivity contribution in [1.29, 1.82) is 0 Å². The molecule has 1 aliphatic rings. The molecule has 3 aromatic rings. The van der Waals surface area contributed by atoms with Gasteiger partial charge < -0.3 is 10.6 Å². The number of nitrogens with zero attached hydrogens (tertiary/aromatic N) is 2. The quantitative estimate of drug-likeness (QED) is 0.457. The minimum atomic E-state index is -1.14. The number of anilines is 3. The molecule has 0 bridgehead atoms. The van der Waals surface area contributed by atoms with Gasteiger partial charge in [0.05, 0.1) is 22.7 Å². The first kappa shape index (κ1) is 21.7. The molecular weight excluding hydrogens is 424 g/mol. The van der Waals surface area contributed by atoms with Gasteiger partial charge >= 0.3 is 0 Å². The summed E-state index contributed by atoms with van der Waals surface area (Å²) >= 11 is 0. The van der Waals surface area contributed by atoms with Crippen molar-refractivity contribution in [1.82, 2.24) is 0 Å². The Hall–Kier alpha value is -4.53. The summed E-state index contributed by atoms with van der Waals surface area (Å²) in [5.41, 5.74) is 2.15. The molecular formula is C24H20N4O5. The number of rotatable bonds is 5. The van der Waals surface area contributed by atoms with Crippen LogP contribution in [-0.4, -0.2) is 28.7 Å². The number of benzene rings is 3.